The minimum Gasteiger partial charge on any atom is -0.203 e. The smallest absolute Gasteiger partial charge is 0.168 e. The molecule has 0 saturated heterocycles. The first-order chi connectivity index (χ1) is 11.6. The minimum atomic E-state index is -0.769. The normalized spacial score (nSPS) is 14.6. The number of hydrogen-bond donors (Lipinski definition) is 0. The van der Waals surface area contributed by atoms with Crippen molar-refractivity contribution in [1.82, 2.24) is 0 Å². The Balaban J connectivity index is 1.71. The molecule has 3 aromatic rings. The van der Waals surface area contributed by atoms with E-state index in [-0.39, 0.29) is 0 Å². The molecule has 1 saturated carbocycles. The fourth-order valence-electron chi connectivity index (χ4n) is 3.11. The van der Waals surface area contributed by atoms with Gasteiger partial charge in [0.2, 0.25) is 0 Å². The first-order valence-corrected chi connectivity index (χ1v) is 9.10. The molecule has 24 heavy (non-hydrogen) atoms. The molecule has 0 aliphatic heterocycles. The predicted octanol–water partition coefficient (Wildman–Crippen LogP) is 6.94. The molecule has 0 bridgehead atoms. The second-order valence-corrected chi connectivity index (χ2v) is 7.60. The van der Waals surface area contributed by atoms with Crippen molar-refractivity contribution in [3.63, 3.8) is 0 Å². The molecule has 0 N–H and O–H groups in total. The second kappa shape index (κ2) is 6.14. The Morgan fingerprint density at radius 3 is 2.17 bits per heavy atom. The zero-order valence-corrected chi connectivity index (χ0v) is 14.3. The fraction of sp³-hybridized carbons (Fsp3) is 0.238. The topological polar surface area (TPSA) is 0 Å². The third kappa shape index (κ3) is 2.67. The molecule has 0 radical (unpaired) electrons. The zero-order valence-electron chi connectivity index (χ0n) is 13.5. The van der Waals surface area contributed by atoms with Crippen LogP contribution in [-0.2, 0) is 0 Å². The Morgan fingerprint density at radius 1 is 0.833 bits per heavy atom. The molecule has 4 rings (SSSR count). The Hall–Kier alpha value is -2.00. The average Bonchev–Trinajstić information content (AvgIpc) is 2.98. The Morgan fingerprint density at radius 2 is 1.50 bits per heavy atom. The minimum absolute atomic E-state index is 0.312. The highest BCUT2D eigenvalue weighted by Gasteiger charge is 2.23. The van der Waals surface area contributed by atoms with Gasteiger partial charge in [0.15, 0.2) is 11.6 Å². The highest BCUT2D eigenvalue weighted by molar-refractivity contribution is 7.15. The summed E-state index contributed by atoms with van der Waals surface area (Å²) in [6.07, 6.45) is 3.69. The van der Waals surface area contributed by atoms with E-state index < -0.39 is 11.6 Å². The Bertz CT molecular complexity index is 873. The van der Waals surface area contributed by atoms with Gasteiger partial charge in [0.1, 0.15) is 0 Å². The summed E-state index contributed by atoms with van der Waals surface area (Å²) < 4.78 is 29.3. The maximum atomic E-state index is 14.7. The van der Waals surface area contributed by atoms with Gasteiger partial charge in [-0.15, -0.1) is 11.3 Å². The monoisotopic (exact) mass is 340 g/mol. The molecule has 0 unspecified atom stereocenters. The summed E-state index contributed by atoms with van der Waals surface area (Å²) in [5.74, 6) is -0.909. The van der Waals surface area contributed by atoms with Crippen LogP contribution in [0.5, 0.6) is 0 Å². The van der Waals surface area contributed by atoms with Crippen molar-refractivity contribution in [2.24, 2.45) is 0 Å². The van der Waals surface area contributed by atoms with Crippen molar-refractivity contribution in [3.05, 3.63) is 70.6 Å². The van der Waals surface area contributed by atoms with Crippen LogP contribution >= 0.6 is 11.3 Å². The molecule has 2 aromatic carbocycles. The summed E-state index contributed by atoms with van der Waals surface area (Å²) in [7, 11) is 0. The van der Waals surface area contributed by atoms with E-state index in [1.165, 1.54) is 24.1 Å². The summed E-state index contributed by atoms with van der Waals surface area (Å²) in [6.45, 7) is 1.97. The molecule has 1 aliphatic rings. The molecule has 0 nitrogen and oxygen atoms in total. The number of halogens is 2. The average molecular weight is 340 g/mol. The second-order valence-electron chi connectivity index (χ2n) is 6.48. The molecule has 1 fully saturated rings. The lowest BCUT2D eigenvalue weighted by atomic mass is 9.84. The van der Waals surface area contributed by atoms with Crippen LogP contribution in [-0.4, -0.2) is 0 Å². The highest BCUT2D eigenvalue weighted by atomic mass is 32.1. The lowest BCUT2D eigenvalue weighted by Gasteiger charge is -2.23. The molecule has 1 heterocycles. The Kier molecular flexibility index (Phi) is 3.97. The van der Waals surface area contributed by atoms with Crippen LogP contribution in [0.4, 0.5) is 8.78 Å². The molecule has 1 aliphatic carbocycles. The molecule has 0 spiro atoms. The summed E-state index contributed by atoms with van der Waals surface area (Å²) in [6, 6.07) is 14.8. The van der Waals surface area contributed by atoms with Gasteiger partial charge in [-0.3, -0.25) is 0 Å². The summed E-state index contributed by atoms with van der Waals surface area (Å²) >= 11 is 1.59. The Labute approximate surface area is 144 Å². The quantitative estimate of drug-likeness (QED) is 0.484. The third-order valence-electron chi connectivity index (χ3n) is 4.84. The van der Waals surface area contributed by atoms with Gasteiger partial charge in [-0.05, 0) is 49.4 Å². The van der Waals surface area contributed by atoms with Crippen molar-refractivity contribution >= 4 is 11.3 Å². The van der Waals surface area contributed by atoms with Crippen molar-refractivity contribution in [3.8, 4) is 21.6 Å². The first kappa shape index (κ1) is 15.5. The summed E-state index contributed by atoms with van der Waals surface area (Å²) in [4.78, 5) is 2.10. The van der Waals surface area contributed by atoms with E-state index in [0.29, 0.717) is 22.6 Å². The maximum absolute atomic E-state index is 14.7. The van der Waals surface area contributed by atoms with Crippen LogP contribution in [0.15, 0.2) is 48.5 Å². The first-order valence-electron chi connectivity index (χ1n) is 8.28. The SMILES string of the molecule is Cc1ccc(-c2ccc(-c3ccc(C4CCC4)s3)c(F)c2F)cc1. The van der Waals surface area contributed by atoms with Gasteiger partial charge in [-0.25, -0.2) is 8.78 Å². The number of aryl methyl sites for hydroxylation is 1. The van der Waals surface area contributed by atoms with Gasteiger partial charge in [0.25, 0.3) is 0 Å². The van der Waals surface area contributed by atoms with Crippen molar-refractivity contribution in [2.75, 3.05) is 0 Å². The van der Waals surface area contributed by atoms with Crippen LogP contribution in [0.2, 0.25) is 0 Å². The van der Waals surface area contributed by atoms with Gasteiger partial charge in [0.05, 0.1) is 0 Å². The molecule has 122 valence electrons. The summed E-state index contributed by atoms with van der Waals surface area (Å²) in [5, 5.41) is 0. The van der Waals surface area contributed by atoms with E-state index in [0.717, 1.165) is 10.4 Å². The molecule has 1 aromatic heterocycles. The standard InChI is InChI=1S/C21H18F2S/c1-13-5-7-14(8-6-13)16-9-10-17(21(23)20(16)22)19-12-11-18(24-19)15-3-2-4-15/h5-12,15H,2-4H2,1H3. The number of rotatable bonds is 3. The predicted molar refractivity (Wildman–Crippen MR) is 96.4 cm³/mol. The third-order valence-corrected chi connectivity index (χ3v) is 6.13. The lowest BCUT2D eigenvalue weighted by molar-refractivity contribution is 0.426. The van der Waals surface area contributed by atoms with E-state index in [4.69, 9.17) is 0 Å². The largest absolute Gasteiger partial charge is 0.203 e. The maximum Gasteiger partial charge on any atom is 0.168 e. The lowest BCUT2D eigenvalue weighted by Crippen LogP contribution is -2.06. The molecular weight excluding hydrogens is 322 g/mol. The molecule has 0 amide bonds. The van der Waals surface area contributed by atoms with E-state index in [1.807, 2.05) is 37.3 Å². The van der Waals surface area contributed by atoms with E-state index in [1.54, 1.807) is 23.5 Å². The number of hydrogen-bond acceptors (Lipinski definition) is 1. The summed E-state index contributed by atoms with van der Waals surface area (Å²) in [5.41, 5.74) is 2.47. The molecule has 0 atom stereocenters. The molecule has 3 heteroatoms. The van der Waals surface area contributed by atoms with Crippen molar-refractivity contribution in [1.29, 1.82) is 0 Å². The van der Waals surface area contributed by atoms with Gasteiger partial charge in [0, 0.05) is 20.9 Å². The van der Waals surface area contributed by atoms with Gasteiger partial charge in [-0.1, -0.05) is 42.3 Å². The van der Waals surface area contributed by atoms with Crippen LogP contribution in [0.25, 0.3) is 21.6 Å². The van der Waals surface area contributed by atoms with Crippen molar-refractivity contribution < 1.29 is 8.78 Å². The van der Waals surface area contributed by atoms with Gasteiger partial charge >= 0.3 is 0 Å². The van der Waals surface area contributed by atoms with Gasteiger partial charge < -0.3 is 0 Å². The van der Waals surface area contributed by atoms with Crippen LogP contribution in [0, 0.1) is 18.6 Å². The fourth-order valence-corrected chi connectivity index (χ4v) is 4.30. The van der Waals surface area contributed by atoms with E-state index >= 15 is 0 Å². The van der Waals surface area contributed by atoms with Crippen molar-refractivity contribution in [2.45, 2.75) is 32.1 Å². The molecular formula is C21H18F2S. The zero-order chi connectivity index (χ0) is 16.7. The van der Waals surface area contributed by atoms with Crippen LogP contribution in [0.3, 0.4) is 0 Å². The van der Waals surface area contributed by atoms with Gasteiger partial charge in [-0.2, -0.15) is 0 Å². The number of benzene rings is 2. The van der Waals surface area contributed by atoms with Crippen LogP contribution < -0.4 is 0 Å². The van der Waals surface area contributed by atoms with E-state index in [2.05, 4.69) is 6.07 Å². The highest BCUT2D eigenvalue weighted by Crippen LogP contribution is 2.43. The number of thiophene rings is 1. The van der Waals surface area contributed by atoms with E-state index in [9.17, 15) is 8.78 Å². The van der Waals surface area contributed by atoms with Crippen LogP contribution in [0.1, 0.15) is 35.6 Å².